The number of rotatable bonds is 6. The van der Waals surface area contributed by atoms with Gasteiger partial charge in [-0.25, -0.2) is 4.39 Å². The van der Waals surface area contributed by atoms with E-state index < -0.39 is 5.82 Å². The zero-order chi connectivity index (χ0) is 14.4. The van der Waals surface area contributed by atoms with Crippen LogP contribution in [0.5, 0.6) is 5.75 Å². The normalized spacial score (nSPS) is 16.1. The van der Waals surface area contributed by atoms with Crippen LogP contribution in [0, 0.1) is 5.82 Å². The Balaban J connectivity index is 1.89. The van der Waals surface area contributed by atoms with Crippen molar-refractivity contribution in [3.63, 3.8) is 0 Å². The van der Waals surface area contributed by atoms with Crippen LogP contribution in [0.2, 0.25) is 0 Å². The number of nitrogens with one attached hydrogen (secondary N) is 1. The Bertz CT molecular complexity index is 437. The zero-order valence-electron chi connectivity index (χ0n) is 11.8. The summed E-state index contributed by atoms with van der Waals surface area (Å²) in [7, 11) is 0. The second kappa shape index (κ2) is 7.31. The molecule has 1 aromatic rings. The minimum absolute atomic E-state index is 0.232. The number of benzene rings is 1. The summed E-state index contributed by atoms with van der Waals surface area (Å²) in [5, 5.41) is 3.23. The maximum Gasteiger partial charge on any atom is 0.167 e. The molecular weight excluding hydrogens is 261 g/mol. The van der Waals surface area contributed by atoms with E-state index in [-0.39, 0.29) is 5.75 Å². The molecule has 1 aliphatic rings. The highest BCUT2D eigenvalue weighted by Gasteiger charge is 2.11. The van der Waals surface area contributed by atoms with Crippen molar-refractivity contribution in [3.05, 3.63) is 17.9 Å². The lowest BCUT2D eigenvalue weighted by Gasteiger charge is -2.26. The Morgan fingerprint density at radius 1 is 1.40 bits per heavy atom. The zero-order valence-corrected chi connectivity index (χ0v) is 11.8. The lowest BCUT2D eigenvalue weighted by atomic mass is 10.2. The summed E-state index contributed by atoms with van der Waals surface area (Å²) in [6.45, 7) is 7.37. The predicted octanol–water partition coefficient (Wildman–Crippen LogP) is 1.55. The number of halogens is 1. The summed E-state index contributed by atoms with van der Waals surface area (Å²) in [6, 6.07) is 2.91. The molecule has 1 aromatic carbocycles. The molecule has 112 valence electrons. The lowest BCUT2D eigenvalue weighted by molar-refractivity contribution is 0.0398. The molecule has 1 fully saturated rings. The van der Waals surface area contributed by atoms with Crippen molar-refractivity contribution < 1.29 is 13.9 Å². The van der Waals surface area contributed by atoms with Crippen molar-refractivity contribution in [2.75, 3.05) is 57.1 Å². The van der Waals surface area contributed by atoms with Crippen LogP contribution in [0.3, 0.4) is 0 Å². The van der Waals surface area contributed by atoms with E-state index in [1.165, 1.54) is 6.07 Å². The summed E-state index contributed by atoms with van der Waals surface area (Å²) < 4.78 is 24.1. The van der Waals surface area contributed by atoms with Crippen LogP contribution in [-0.4, -0.2) is 50.9 Å². The van der Waals surface area contributed by atoms with E-state index in [1.807, 2.05) is 6.92 Å². The number of ether oxygens (including phenoxy) is 2. The van der Waals surface area contributed by atoms with Crippen LogP contribution >= 0.6 is 0 Å². The van der Waals surface area contributed by atoms with Gasteiger partial charge in [-0.1, -0.05) is 0 Å². The highest BCUT2D eigenvalue weighted by Crippen LogP contribution is 2.28. The van der Waals surface area contributed by atoms with Crippen LogP contribution < -0.4 is 15.8 Å². The number of nitrogen functional groups attached to an aromatic ring is 1. The Morgan fingerprint density at radius 2 is 2.15 bits per heavy atom. The van der Waals surface area contributed by atoms with Gasteiger partial charge in [0.05, 0.1) is 31.2 Å². The number of nitrogens with zero attached hydrogens (tertiary/aromatic N) is 1. The highest BCUT2D eigenvalue weighted by atomic mass is 19.1. The van der Waals surface area contributed by atoms with E-state index in [0.717, 1.165) is 39.4 Å². The van der Waals surface area contributed by atoms with E-state index in [9.17, 15) is 4.39 Å². The van der Waals surface area contributed by atoms with Crippen molar-refractivity contribution in [3.8, 4) is 5.75 Å². The molecule has 1 aliphatic heterocycles. The molecule has 2 rings (SSSR count). The Kier molecular flexibility index (Phi) is 5.43. The smallest absolute Gasteiger partial charge is 0.167 e. The van der Waals surface area contributed by atoms with Crippen molar-refractivity contribution in [1.82, 2.24) is 4.90 Å². The Hall–Kier alpha value is -1.53. The third-order valence-electron chi connectivity index (χ3n) is 3.25. The van der Waals surface area contributed by atoms with Crippen molar-refractivity contribution in [2.45, 2.75) is 6.92 Å². The number of morpholine rings is 1. The lowest BCUT2D eigenvalue weighted by Crippen LogP contribution is -2.39. The van der Waals surface area contributed by atoms with Gasteiger partial charge >= 0.3 is 0 Å². The van der Waals surface area contributed by atoms with Crippen LogP contribution in [-0.2, 0) is 4.74 Å². The van der Waals surface area contributed by atoms with Gasteiger partial charge in [-0.3, -0.25) is 4.90 Å². The molecule has 0 saturated carbocycles. The quantitative estimate of drug-likeness (QED) is 0.776. The first-order chi connectivity index (χ1) is 9.70. The predicted molar refractivity (Wildman–Crippen MR) is 77.7 cm³/mol. The maximum absolute atomic E-state index is 13.6. The molecule has 6 heteroatoms. The van der Waals surface area contributed by atoms with Gasteiger partial charge in [0, 0.05) is 38.3 Å². The fourth-order valence-corrected chi connectivity index (χ4v) is 2.16. The third kappa shape index (κ3) is 3.98. The molecule has 20 heavy (non-hydrogen) atoms. The fraction of sp³-hybridized carbons (Fsp3) is 0.571. The molecule has 0 atom stereocenters. The molecule has 0 bridgehead atoms. The van der Waals surface area contributed by atoms with Crippen LogP contribution in [0.4, 0.5) is 15.8 Å². The third-order valence-corrected chi connectivity index (χ3v) is 3.25. The molecule has 0 aromatic heterocycles. The first-order valence-electron chi connectivity index (χ1n) is 6.96. The summed E-state index contributed by atoms with van der Waals surface area (Å²) in [6.07, 6.45) is 0. The first-order valence-corrected chi connectivity index (χ1v) is 6.96. The SMILES string of the molecule is CCOc1cc(NCCN2CCOCC2)c(N)cc1F. The fourth-order valence-electron chi connectivity index (χ4n) is 2.16. The van der Waals surface area contributed by atoms with Gasteiger partial charge in [-0.15, -0.1) is 0 Å². The summed E-state index contributed by atoms with van der Waals surface area (Å²) in [5.74, 6) is -0.196. The monoisotopic (exact) mass is 283 g/mol. The maximum atomic E-state index is 13.6. The van der Waals surface area contributed by atoms with E-state index in [2.05, 4.69) is 10.2 Å². The van der Waals surface area contributed by atoms with Gasteiger partial charge in [0.1, 0.15) is 0 Å². The van der Waals surface area contributed by atoms with Crippen molar-refractivity contribution in [2.24, 2.45) is 0 Å². The molecule has 0 radical (unpaired) electrons. The molecule has 5 nitrogen and oxygen atoms in total. The van der Waals surface area contributed by atoms with Gasteiger partial charge in [-0.05, 0) is 6.92 Å². The Morgan fingerprint density at radius 3 is 2.85 bits per heavy atom. The summed E-state index contributed by atoms with van der Waals surface area (Å²) in [4.78, 5) is 2.32. The summed E-state index contributed by atoms with van der Waals surface area (Å²) >= 11 is 0. The average Bonchev–Trinajstić information content (AvgIpc) is 2.45. The van der Waals surface area contributed by atoms with Crippen molar-refractivity contribution in [1.29, 1.82) is 0 Å². The van der Waals surface area contributed by atoms with E-state index in [4.69, 9.17) is 15.2 Å². The second-order valence-electron chi connectivity index (χ2n) is 4.68. The van der Waals surface area contributed by atoms with Gasteiger partial charge in [-0.2, -0.15) is 0 Å². The minimum atomic E-state index is -0.428. The number of anilines is 2. The molecule has 0 spiro atoms. The van der Waals surface area contributed by atoms with Crippen LogP contribution in [0.15, 0.2) is 12.1 Å². The largest absolute Gasteiger partial charge is 0.491 e. The van der Waals surface area contributed by atoms with E-state index in [1.54, 1.807) is 6.07 Å². The van der Waals surface area contributed by atoms with Gasteiger partial charge in [0.25, 0.3) is 0 Å². The van der Waals surface area contributed by atoms with Gasteiger partial charge < -0.3 is 20.5 Å². The standard InChI is InChI=1S/C14H22FN3O2/c1-2-20-14-10-13(12(16)9-11(14)15)17-3-4-18-5-7-19-8-6-18/h9-10,17H,2-8,16H2,1H3. The minimum Gasteiger partial charge on any atom is -0.491 e. The second-order valence-corrected chi connectivity index (χ2v) is 4.68. The van der Waals surface area contributed by atoms with E-state index in [0.29, 0.717) is 18.0 Å². The van der Waals surface area contributed by atoms with Gasteiger partial charge in [0.15, 0.2) is 11.6 Å². The van der Waals surface area contributed by atoms with Crippen molar-refractivity contribution >= 4 is 11.4 Å². The first kappa shape index (κ1) is 14.9. The highest BCUT2D eigenvalue weighted by molar-refractivity contribution is 5.68. The molecule has 0 amide bonds. The van der Waals surface area contributed by atoms with Crippen LogP contribution in [0.25, 0.3) is 0 Å². The molecule has 3 N–H and O–H groups in total. The number of nitrogens with two attached hydrogens (primary N) is 1. The Labute approximate surface area is 118 Å². The number of hydrogen-bond acceptors (Lipinski definition) is 5. The van der Waals surface area contributed by atoms with Crippen LogP contribution in [0.1, 0.15) is 6.92 Å². The summed E-state index contributed by atoms with van der Waals surface area (Å²) in [5.41, 5.74) is 6.92. The van der Waals surface area contributed by atoms with E-state index >= 15 is 0 Å². The molecule has 0 unspecified atom stereocenters. The molecule has 1 saturated heterocycles. The molecular formula is C14H22FN3O2. The number of hydrogen-bond donors (Lipinski definition) is 2. The molecule has 1 heterocycles. The van der Waals surface area contributed by atoms with Gasteiger partial charge in [0.2, 0.25) is 0 Å². The topological polar surface area (TPSA) is 59.8 Å². The molecule has 0 aliphatic carbocycles. The average molecular weight is 283 g/mol.